The van der Waals surface area contributed by atoms with Gasteiger partial charge in [0, 0.05) is 23.4 Å². The van der Waals surface area contributed by atoms with Crippen LogP contribution >= 0.6 is 0 Å². The molecule has 0 radical (unpaired) electrons. The molecule has 1 heterocycles. The largest absolute Gasteiger partial charge is 0.460 e. The molecule has 4 N–H and O–H groups in total. The summed E-state index contributed by atoms with van der Waals surface area (Å²) in [6.07, 6.45) is -3.48. The number of H-pyrrole nitrogens is 1. The molecule has 13 nitrogen and oxygen atoms in total. The number of esters is 2. The third kappa shape index (κ3) is 7.96. The molecule has 0 spiro atoms. The molecule has 0 bridgehead atoms. The van der Waals surface area contributed by atoms with Crippen molar-refractivity contribution >= 4 is 17.7 Å². The first-order valence-corrected chi connectivity index (χ1v) is 10.8. The lowest BCUT2D eigenvalue weighted by molar-refractivity contribution is -0.256. The molecule has 0 aliphatic carbocycles. The molecule has 2 unspecified atom stereocenters. The van der Waals surface area contributed by atoms with Crippen LogP contribution in [0, 0.1) is 0 Å². The summed E-state index contributed by atoms with van der Waals surface area (Å²) in [5.41, 5.74) is -0.0370. The van der Waals surface area contributed by atoms with Crippen molar-refractivity contribution in [2.24, 2.45) is 5.16 Å². The number of carbonyl (C=O) groups excluding carboxylic acids is 2. The summed E-state index contributed by atoms with van der Waals surface area (Å²) in [5, 5.41) is 32.2. The molecule has 2 aromatic carbocycles. The fourth-order valence-electron chi connectivity index (χ4n) is 3.03. The third-order valence-corrected chi connectivity index (χ3v) is 4.79. The Balaban J connectivity index is 1.41. The number of nitrogens with zero attached hydrogens (tertiary/aromatic N) is 2. The zero-order chi connectivity index (χ0) is 26.8. The number of ether oxygens (including phenoxy) is 3. The Morgan fingerprint density at radius 3 is 2.22 bits per heavy atom. The third-order valence-electron chi connectivity index (χ3n) is 4.79. The first-order chi connectivity index (χ1) is 17.8. The molecule has 13 heteroatoms. The minimum atomic E-state index is -1.95. The standard InChI is InChI=1S/C24H23N3O10/c28-18-12-13-27(23(32)25-18)24(33)37-21(31)14-35-19(29)10-11-20(30)36-17-8-6-16(7-9-17)22(26-34)15-4-2-1-3-5-15/h1-9,12-13,21,24,31,33-34H,10-11,14H2,(H,25,28,32)/b26-22+. The Morgan fingerprint density at radius 2 is 1.57 bits per heavy atom. The summed E-state index contributed by atoms with van der Waals surface area (Å²) in [5.74, 6) is -1.35. The molecule has 1 aromatic heterocycles. The van der Waals surface area contributed by atoms with Crippen molar-refractivity contribution in [1.29, 1.82) is 0 Å². The van der Waals surface area contributed by atoms with E-state index in [2.05, 4.69) is 5.16 Å². The average molecular weight is 513 g/mol. The summed E-state index contributed by atoms with van der Waals surface area (Å²) < 4.78 is 15.3. The highest BCUT2D eigenvalue weighted by Crippen LogP contribution is 2.17. The number of benzene rings is 2. The van der Waals surface area contributed by atoms with Gasteiger partial charge in [-0.1, -0.05) is 35.5 Å². The second kappa shape index (κ2) is 12.9. The van der Waals surface area contributed by atoms with Crippen LogP contribution in [-0.2, 0) is 19.1 Å². The molecule has 0 fully saturated rings. The van der Waals surface area contributed by atoms with Crippen molar-refractivity contribution in [3.63, 3.8) is 0 Å². The van der Waals surface area contributed by atoms with E-state index in [4.69, 9.17) is 14.2 Å². The second-order valence-electron chi connectivity index (χ2n) is 7.43. The van der Waals surface area contributed by atoms with E-state index in [1.807, 2.05) is 11.1 Å². The molecule has 0 amide bonds. The van der Waals surface area contributed by atoms with Gasteiger partial charge in [0.05, 0.1) is 12.8 Å². The van der Waals surface area contributed by atoms with Gasteiger partial charge < -0.3 is 29.6 Å². The van der Waals surface area contributed by atoms with Crippen LogP contribution in [0.1, 0.15) is 30.4 Å². The van der Waals surface area contributed by atoms with Crippen LogP contribution in [0.3, 0.4) is 0 Å². The number of nitrogens with one attached hydrogen (secondary N) is 1. The van der Waals surface area contributed by atoms with Crippen LogP contribution in [0.25, 0.3) is 0 Å². The minimum Gasteiger partial charge on any atom is -0.460 e. The maximum absolute atomic E-state index is 12.1. The maximum atomic E-state index is 12.1. The first kappa shape index (κ1) is 27.0. The number of aromatic nitrogens is 2. The highest BCUT2D eigenvalue weighted by molar-refractivity contribution is 6.12. The van der Waals surface area contributed by atoms with Crippen molar-refractivity contribution in [2.45, 2.75) is 25.5 Å². The number of rotatable bonds is 11. The maximum Gasteiger partial charge on any atom is 0.332 e. The quantitative estimate of drug-likeness (QED) is 0.0700. The predicted molar refractivity (Wildman–Crippen MR) is 126 cm³/mol. The highest BCUT2D eigenvalue weighted by atomic mass is 16.7. The van der Waals surface area contributed by atoms with E-state index < -0.39 is 42.5 Å². The second-order valence-corrected chi connectivity index (χ2v) is 7.43. The van der Waals surface area contributed by atoms with Gasteiger partial charge in [-0.3, -0.25) is 23.9 Å². The van der Waals surface area contributed by atoms with Crippen LogP contribution in [0.2, 0.25) is 0 Å². The van der Waals surface area contributed by atoms with E-state index in [-0.39, 0.29) is 18.6 Å². The van der Waals surface area contributed by atoms with E-state index >= 15 is 0 Å². The van der Waals surface area contributed by atoms with Gasteiger partial charge in [-0.15, -0.1) is 0 Å². The van der Waals surface area contributed by atoms with E-state index in [0.717, 1.165) is 12.3 Å². The fourth-order valence-corrected chi connectivity index (χ4v) is 3.03. The zero-order valence-corrected chi connectivity index (χ0v) is 19.2. The van der Waals surface area contributed by atoms with Gasteiger partial charge in [0.2, 0.25) is 6.41 Å². The molecular formula is C24H23N3O10. The fraction of sp³-hybridized carbons (Fsp3) is 0.208. The molecule has 194 valence electrons. The average Bonchev–Trinajstić information content (AvgIpc) is 2.88. The zero-order valence-electron chi connectivity index (χ0n) is 19.2. The minimum absolute atomic E-state index is 0.211. The molecular weight excluding hydrogens is 490 g/mol. The van der Waals surface area contributed by atoms with E-state index in [0.29, 0.717) is 21.4 Å². The van der Waals surface area contributed by atoms with Gasteiger partial charge in [-0.05, 0) is 24.3 Å². The SMILES string of the molecule is O=C(CCC(=O)Oc1ccc(/C(=N/O)c2ccccc2)cc1)OCC(O)OC(O)n1ccc(=O)[nH]c1=O. The van der Waals surface area contributed by atoms with Gasteiger partial charge in [-0.2, -0.15) is 0 Å². The topological polar surface area (TPSA) is 190 Å². The molecule has 2 atom stereocenters. The van der Waals surface area contributed by atoms with Crippen molar-refractivity contribution < 1.29 is 39.2 Å². The normalized spacial score (nSPS) is 13.0. The molecule has 0 aliphatic heterocycles. The number of carbonyl (C=O) groups is 2. The number of hydrogen-bond donors (Lipinski definition) is 4. The molecule has 3 rings (SSSR count). The number of hydrogen-bond acceptors (Lipinski definition) is 11. The summed E-state index contributed by atoms with van der Waals surface area (Å²) in [7, 11) is 0. The smallest absolute Gasteiger partial charge is 0.332 e. The lowest BCUT2D eigenvalue weighted by Crippen LogP contribution is -2.35. The highest BCUT2D eigenvalue weighted by Gasteiger charge is 2.18. The van der Waals surface area contributed by atoms with E-state index in [9.17, 15) is 34.6 Å². The molecule has 0 aliphatic rings. The molecule has 37 heavy (non-hydrogen) atoms. The van der Waals surface area contributed by atoms with Gasteiger partial charge in [0.25, 0.3) is 5.56 Å². The van der Waals surface area contributed by atoms with E-state index in [1.54, 1.807) is 36.4 Å². The van der Waals surface area contributed by atoms with Crippen molar-refractivity contribution in [2.75, 3.05) is 6.61 Å². The monoisotopic (exact) mass is 513 g/mol. The molecule has 3 aromatic rings. The summed E-state index contributed by atoms with van der Waals surface area (Å²) in [4.78, 5) is 48.4. The number of aromatic amines is 1. The van der Waals surface area contributed by atoms with E-state index in [1.165, 1.54) is 12.1 Å². The lowest BCUT2D eigenvalue weighted by atomic mass is 10.0. The summed E-state index contributed by atoms with van der Waals surface area (Å²) in [6, 6.07) is 16.2. The number of aliphatic hydroxyl groups excluding tert-OH is 2. The van der Waals surface area contributed by atoms with Gasteiger partial charge in [0.15, 0.2) is 6.29 Å². The van der Waals surface area contributed by atoms with Crippen LogP contribution in [0.5, 0.6) is 5.75 Å². The molecule has 0 saturated carbocycles. The predicted octanol–water partition coefficient (Wildman–Crippen LogP) is 0.476. The first-order valence-electron chi connectivity index (χ1n) is 10.8. The summed E-state index contributed by atoms with van der Waals surface area (Å²) in [6.45, 7) is -0.694. The van der Waals surface area contributed by atoms with Crippen molar-refractivity contribution in [1.82, 2.24) is 9.55 Å². The lowest BCUT2D eigenvalue weighted by Gasteiger charge is -2.18. The number of aliphatic hydroxyl groups is 2. The van der Waals surface area contributed by atoms with Crippen LogP contribution < -0.4 is 16.0 Å². The van der Waals surface area contributed by atoms with Crippen molar-refractivity contribution in [3.8, 4) is 5.75 Å². The van der Waals surface area contributed by atoms with Crippen LogP contribution in [0.4, 0.5) is 0 Å². The van der Waals surface area contributed by atoms with Gasteiger partial charge >= 0.3 is 17.6 Å². The van der Waals surface area contributed by atoms with Gasteiger partial charge in [-0.25, -0.2) is 4.79 Å². The Labute approximate surface area is 208 Å². The molecule has 0 saturated heterocycles. The Hall–Kier alpha value is -4.59. The number of oxime groups is 1. The van der Waals surface area contributed by atoms with Gasteiger partial charge in [0.1, 0.15) is 18.1 Å². The Morgan fingerprint density at radius 1 is 0.919 bits per heavy atom. The Kier molecular flexibility index (Phi) is 9.43. The van der Waals surface area contributed by atoms with Crippen molar-refractivity contribution in [3.05, 3.63) is 98.8 Å². The van der Waals surface area contributed by atoms with Crippen LogP contribution in [-0.4, -0.2) is 55.5 Å². The Bertz CT molecular complexity index is 1350. The van der Waals surface area contributed by atoms with Crippen LogP contribution in [0.15, 0.2) is 81.6 Å². The summed E-state index contributed by atoms with van der Waals surface area (Å²) >= 11 is 0.